The van der Waals surface area contributed by atoms with Crippen molar-refractivity contribution < 1.29 is 23.5 Å². The van der Waals surface area contributed by atoms with Crippen LogP contribution >= 0.6 is 11.6 Å². The van der Waals surface area contributed by atoms with E-state index in [9.17, 15) is 19.5 Å². The first-order valence-electron chi connectivity index (χ1n) is 17.9. The van der Waals surface area contributed by atoms with Crippen LogP contribution in [0.4, 0.5) is 9.80 Å². The maximum Gasteiger partial charge on any atom is 0.279 e. The number of ether oxygens (including phenoxy) is 1. The van der Waals surface area contributed by atoms with E-state index >= 15 is 4.11 Å². The smallest absolute Gasteiger partial charge is 0.279 e. The molecule has 0 saturated carbocycles. The first kappa shape index (κ1) is 35.4. The lowest BCUT2D eigenvalue weighted by Gasteiger charge is -2.37. The van der Waals surface area contributed by atoms with Crippen molar-refractivity contribution >= 4 is 48.3 Å². The number of aliphatic hydroxyl groups is 1. The van der Waals surface area contributed by atoms with Crippen molar-refractivity contribution in [2.45, 2.75) is 69.2 Å². The Morgan fingerprint density at radius 2 is 1.74 bits per heavy atom. The molecule has 0 unspecified atom stereocenters. The second-order valence-electron chi connectivity index (χ2n) is 15.0. The summed E-state index contributed by atoms with van der Waals surface area (Å²) < 4.78 is 24.7. The SMILES string of the molecule is C[C@@H]1[C@@H]([Si](C)(C)F)[C@H](CC(=O)N2Cc3ccccc3C[C@H]2CO)O[C@@]12C(=O)N(Cc1ccc(-n3ncc4ccccc4c3=O)cc1)c1ccc(Cl)cc12. The predicted octanol–water partition coefficient (Wildman–Crippen LogP) is 6.70. The number of nitrogens with zero attached hydrogens (tertiary/aromatic N) is 4. The molecule has 8 rings (SSSR count). The van der Waals surface area contributed by atoms with E-state index in [0.717, 1.165) is 22.1 Å². The first-order valence-corrected chi connectivity index (χ1v) is 21.3. The highest BCUT2D eigenvalue weighted by Gasteiger charge is 2.67. The van der Waals surface area contributed by atoms with Crippen LogP contribution < -0.4 is 10.5 Å². The number of aliphatic hydroxyl groups excluding tert-OH is 1. The summed E-state index contributed by atoms with van der Waals surface area (Å²) in [6.07, 6.45) is 1.18. The third-order valence-corrected chi connectivity index (χ3v) is 14.1. The molecule has 2 amide bonds. The minimum Gasteiger partial charge on any atom is -0.394 e. The number of fused-ring (bicyclic) bond motifs is 4. The van der Waals surface area contributed by atoms with Crippen LogP contribution in [0.25, 0.3) is 16.5 Å². The van der Waals surface area contributed by atoms with E-state index in [1.807, 2.05) is 61.5 Å². The summed E-state index contributed by atoms with van der Waals surface area (Å²) >= 11 is 6.57. The van der Waals surface area contributed by atoms with Gasteiger partial charge < -0.3 is 23.8 Å². The van der Waals surface area contributed by atoms with Crippen LogP contribution in [0.15, 0.2) is 102 Å². The van der Waals surface area contributed by atoms with Crippen LogP contribution in [-0.2, 0) is 39.4 Å². The Morgan fingerprint density at radius 3 is 2.47 bits per heavy atom. The molecule has 3 aliphatic rings. The van der Waals surface area contributed by atoms with Gasteiger partial charge in [-0.15, -0.1) is 0 Å². The van der Waals surface area contributed by atoms with E-state index in [1.165, 1.54) is 4.68 Å². The van der Waals surface area contributed by atoms with E-state index < -0.39 is 37.6 Å². The van der Waals surface area contributed by atoms with Crippen LogP contribution in [0, 0.1) is 5.92 Å². The molecule has 9 nitrogen and oxygen atoms in total. The molecule has 0 bridgehead atoms. The Labute approximate surface area is 312 Å². The van der Waals surface area contributed by atoms with Gasteiger partial charge in [0, 0.05) is 34.0 Å². The highest BCUT2D eigenvalue weighted by Crippen LogP contribution is 2.60. The van der Waals surface area contributed by atoms with Gasteiger partial charge in [-0.2, -0.15) is 9.78 Å². The van der Waals surface area contributed by atoms with E-state index in [1.54, 1.807) is 65.5 Å². The van der Waals surface area contributed by atoms with Gasteiger partial charge in [-0.3, -0.25) is 14.4 Å². The summed E-state index contributed by atoms with van der Waals surface area (Å²) in [4.78, 5) is 45.5. The fraction of sp³-hybridized carbons (Fsp3) is 0.317. The molecular weight excluding hydrogens is 711 g/mol. The highest BCUT2D eigenvalue weighted by molar-refractivity contribution is 6.72. The molecule has 53 heavy (non-hydrogen) atoms. The molecule has 12 heteroatoms. The fourth-order valence-corrected chi connectivity index (χ4v) is 11.6. The van der Waals surface area contributed by atoms with E-state index in [2.05, 4.69) is 5.10 Å². The van der Waals surface area contributed by atoms with E-state index in [0.29, 0.717) is 40.3 Å². The van der Waals surface area contributed by atoms with Crippen LogP contribution in [0.5, 0.6) is 0 Å². The van der Waals surface area contributed by atoms with Crippen molar-refractivity contribution in [2.24, 2.45) is 5.92 Å². The monoisotopic (exact) mass is 750 g/mol. The Balaban J connectivity index is 1.10. The zero-order chi connectivity index (χ0) is 37.2. The molecule has 1 N–H and O–H groups in total. The summed E-state index contributed by atoms with van der Waals surface area (Å²) in [5.74, 6) is -1.19. The number of halogens is 2. The Hall–Kier alpha value is -4.68. The largest absolute Gasteiger partial charge is 0.394 e. The molecule has 5 aromatic rings. The molecule has 1 spiro atoms. The van der Waals surface area contributed by atoms with Gasteiger partial charge in [0.2, 0.25) is 14.3 Å². The van der Waals surface area contributed by atoms with Crippen molar-refractivity contribution in [3.8, 4) is 5.69 Å². The summed E-state index contributed by atoms with van der Waals surface area (Å²) in [5.41, 5.74) is 2.18. The lowest BCUT2D eigenvalue weighted by atomic mass is 9.82. The van der Waals surface area contributed by atoms with Crippen molar-refractivity contribution in [3.63, 3.8) is 0 Å². The summed E-state index contributed by atoms with van der Waals surface area (Å²) in [7, 11) is -3.55. The van der Waals surface area contributed by atoms with E-state index in [4.69, 9.17) is 16.3 Å². The average Bonchev–Trinajstić information content (AvgIpc) is 3.57. The number of carbonyl (C=O) groups is 2. The van der Waals surface area contributed by atoms with Gasteiger partial charge in [-0.25, -0.2) is 0 Å². The zero-order valence-electron chi connectivity index (χ0n) is 29.7. The lowest BCUT2D eigenvalue weighted by molar-refractivity contribution is -0.151. The number of carbonyl (C=O) groups excluding carboxylic acids is 2. The molecule has 1 saturated heterocycles. The molecule has 5 atom stereocenters. The fourth-order valence-electron chi connectivity index (χ4n) is 8.91. The van der Waals surface area contributed by atoms with Crippen molar-refractivity contribution in [3.05, 3.63) is 135 Å². The Morgan fingerprint density at radius 1 is 1.02 bits per heavy atom. The molecular formula is C41H40ClFN4O5Si. The third-order valence-electron chi connectivity index (χ3n) is 11.4. The Bertz CT molecular complexity index is 2310. The summed E-state index contributed by atoms with van der Waals surface area (Å²) in [5, 5.41) is 16.4. The minimum absolute atomic E-state index is 0.122. The van der Waals surface area contributed by atoms with Crippen molar-refractivity contribution in [1.82, 2.24) is 14.7 Å². The van der Waals surface area contributed by atoms with Crippen LogP contribution in [0.1, 0.15) is 35.6 Å². The zero-order valence-corrected chi connectivity index (χ0v) is 31.5. The number of hydrogen-bond donors (Lipinski definition) is 1. The molecule has 4 heterocycles. The Kier molecular flexibility index (Phi) is 8.88. The average molecular weight is 751 g/mol. The lowest BCUT2D eigenvalue weighted by Crippen LogP contribution is -2.48. The number of amides is 2. The molecule has 0 radical (unpaired) electrons. The topological polar surface area (TPSA) is 105 Å². The highest BCUT2D eigenvalue weighted by atomic mass is 35.5. The molecule has 0 aliphatic carbocycles. The number of anilines is 1. The van der Waals surface area contributed by atoms with Gasteiger partial charge in [0.05, 0.1) is 54.7 Å². The second kappa shape index (κ2) is 13.3. The van der Waals surface area contributed by atoms with Gasteiger partial charge in [0.25, 0.3) is 11.5 Å². The van der Waals surface area contributed by atoms with Crippen molar-refractivity contribution in [1.29, 1.82) is 0 Å². The standard InChI is InChI=1S/C41H40ClFN4O5Si/c1-25-38(53(2,3)43)36(20-37(49)45-23-29-10-5-4-8-27(29)18-32(45)24-48)52-41(25)34-19-30(42)14-17-35(34)46(40(41)51)22-26-12-15-31(16-13-26)47-39(50)33-11-7-6-9-28(33)21-44-47/h4-17,19,21,25,32,36,38,48H,18,20,22-24H2,1-3H3/t25-,32+,36+,38-,41+/m1/s1. The molecule has 1 aromatic heterocycles. The van der Waals surface area contributed by atoms with Gasteiger partial charge in [-0.05, 0) is 72.6 Å². The number of hydrogen-bond acceptors (Lipinski definition) is 6. The normalized spacial score (nSPS) is 23.8. The summed E-state index contributed by atoms with van der Waals surface area (Å²) in [6.45, 7) is 5.39. The van der Waals surface area contributed by atoms with Gasteiger partial charge in [0.15, 0.2) is 5.60 Å². The van der Waals surface area contributed by atoms with Gasteiger partial charge in [0.1, 0.15) is 0 Å². The summed E-state index contributed by atoms with van der Waals surface area (Å²) in [6, 6.07) is 27.3. The number of aromatic nitrogens is 2. The van der Waals surface area contributed by atoms with E-state index in [-0.39, 0.29) is 36.9 Å². The van der Waals surface area contributed by atoms with Crippen LogP contribution in [-0.4, -0.2) is 58.8 Å². The van der Waals surface area contributed by atoms with Gasteiger partial charge >= 0.3 is 0 Å². The molecule has 1 fully saturated rings. The van der Waals surface area contributed by atoms with Gasteiger partial charge in [-0.1, -0.05) is 73.1 Å². The maximum atomic E-state index is 16.5. The molecule has 4 aromatic carbocycles. The molecule has 3 aliphatic heterocycles. The number of rotatable bonds is 7. The van der Waals surface area contributed by atoms with Crippen molar-refractivity contribution in [2.75, 3.05) is 11.5 Å². The number of benzene rings is 4. The van der Waals surface area contributed by atoms with Crippen LogP contribution in [0.2, 0.25) is 23.7 Å². The minimum atomic E-state index is -3.55. The first-order chi connectivity index (χ1) is 25.4. The third kappa shape index (κ3) is 5.90. The van der Waals surface area contributed by atoms with Crippen LogP contribution in [0.3, 0.4) is 0 Å². The maximum absolute atomic E-state index is 16.5. The quantitative estimate of drug-likeness (QED) is 0.147. The molecule has 272 valence electrons. The predicted molar refractivity (Wildman–Crippen MR) is 204 cm³/mol. The second-order valence-corrected chi connectivity index (χ2v) is 19.2.